The molecule has 0 aromatic heterocycles. The third-order valence-electron chi connectivity index (χ3n) is 4.55. The number of rotatable bonds is 3. The molecule has 0 bridgehead atoms. The van der Waals surface area contributed by atoms with Crippen molar-refractivity contribution in [3.8, 4) is 5.75 Å². The number of primary amides is 1. The molecule has 2 unspecified atom stereocenters. The van der Waals surface area contributed by atoms with E-state index in [0.717, 1.165) is 29.3 Å². The smallest absolute Gasteiger partial charge is 0.221 e. The van der Waals surface area contributed by atoms with Gasteiger partial charge >= 0.3 is 0 Å². The van der Waals surface area contributed by atoms with Crippen molar-refractivity contribution in [1.29, 1.82) is 0 Å². The van der Waals surface area contributed by atoms with Crippen LogP contribution in [0.1, 0.15) is 24.9 Å². The van der Waals surface area contributed by atoms with Gasteiger partial charge in [0.2, 0.25) is 5.91 Å². The Labute approximate surface area is 124 Å². The molecular weight excluding hydrogens is 264 g/mol. The second-order valence-corrected chi connectivity index (χ2v) is 5.78. The molecule has 3 rings (SSSR count). The first kappa shape index (κ1) is 13.9. The maximum atomic E-state index is 11.3. The average Bonchev–Trinajstić information content (AvgIpc) is 2.97. The first-order valence-electron chi connectivity index (χ1n) is 7.32. The monoisotopic (exact) mass is 284 g/mol. The Hall–Kier alpha value is -2.07. The highest BCUT2D eigenvalue weighted by molar-refractivity contribution is 5.89. The second-order valence-electron chi connectivity index (χ2n) is 5.78. The zero-order valence-corrected chi connectivity index (χ0v) is 12.1. The van der Waals surface area contributed by atoms with Crippen LogP contribution in [0.4, 0.5) is 0 Å². The summed E-state index contributed by atoms with van der Waals surface area (Å²) in [6.45, 7) is 3.57. The molecule has 2 aromatic rings. The molecule has 2 atom stereocenters. The standard InChI is InChI=1S/C17H20N2O2/c1-11(19-9-8-13(10-19)17(18)21)14-7-6-12-4-2-3-5-15(12)16(14)20/h2-7,11,13,20H,8-10H2,1H3,(H2,18,21). The molecule has 4 heteroatoms. The minimum absolute atomic E-state index is 0.0685. The van der Waals surface area contributed by atoms with Gasteiger partial charge in [0.1, 0.15) is 5.75 Å². The molecule has 1 fully saturated rings. The van der Waals surface area contributed by atoms with Crippen LogP contribution in [0.15, 0.2) is 36.4 Å². The highest BCUT2D eigenvalue weighted by Gasteiger charge is 2.30. The predicted molar refractivity (Wildman–Crippen MR) is 82.9 cm³/mol. The normalized spacial score (nSPS) is 20.7. The summed E-state index contributed by atoms with van der Waals surface area (Å²) in [5, 5.41) is 12.4. The predicted octanol–water partition coefficient (Wildman–Crippen LogP) is 2.41. The SMILES string of the molecule is CC(c1ccc2ccccc2c1O)N1CCC(C(N)=O)C1. The summed E-state index contributed by atoms with van der Waals surface area (Å²) >= 11 is 0. The van der Waals surface area contributed by atoms with Gasteiger partial charge in [0.15, 0.2) is 0 Å². The third-order valence-corrected chi connectivity index (χ3v) is 4.55. The van der Waals surface area contributed by atoms with Gasteiger partial charge in [-0.3, -0.25) is 9.69 Å². The Bertz CT molecular complexity index is 684. The molecule has 0 radical (unpaired) electrons. The number of nitrogens with zero attached hydrogens (tertiary/aromatic N) is 1. The molecule has 1 saturated heterocycles. The largest absolute Gasteiger partial charge is 0.507 e. The van der Waals surface area contributed by atoms with Crippen LogP contribution in [0.2, 0.25) is 0 Å². The van der Waals surface area contributed by atoms with Crippen molar-refractivity contribution in [2.45, 2.75) is 19.4 Å². The number of hydrogen-bond donors (Lipinski definition) is 2. The van der Waals surface area contributed by atoms with Gasteiger partial charge in [0.25, 0.3) is 0 Å². The second kappa shape index (κ2) is 5.37. The summed E-state index contributed by atoms with van der Waals surface area (Å²) in [7, 11) is 0. The first-order chi connectivity index (χ1) is 10.1. The molecule has 1 aliphatic heterocycles. The van der Waals surface area contributed by atoms with Crippen molar-refractivity contribution in [3.05, 3.63) is 42.0 Å². The Morgan fingerprint density at radius 2 is 2.10 bits per heavy atom. The van der Waals surface area contributed by atoms with E-state index >= 15 is 0 Å². The maximum Gasteiger partial charge on any atom is 0.221 e. The number of phenols is 1. The van der Waals surface area contributed by atoms with Crippen LogP contribution in [-0.4, -0.2) is 29.0 Å². The van der Waals surface area contributed by atoms with Crippen LogP contribution in [0, 0.1) is 5.92 Å². The Morgan fingerprint density at radius 1 is 1.33 bits per heavy atom. The van der Waals surface area contributed by atoms with Gasteiger partial charge in [-0.25, -0.2) is 0 Å². The fourth-order valence-corrected chi connectivity index (χ4v) is 3.18. The number of nitrogens with two attached hydrogens (primary N) is 1. The fourth-order valence-electron chi connectivity index (χ4n) is 3.18. The van der Waals surface area contributed by atoms with Crippen molar-refractivity contribution in [2.75, 3.05) is 13.1 Å². The molecule has 3 N–H and O–H groups in total. The highest BCUT2D eigenvalue weighted by atomic mass is 16.3. The molecule has 110 valence electrons. The van der Waals surface area contributed by atoms with Gasteiger partial charge in [-0.1, -0.05) is 36.4 Å². The minimum atomic E-state index is -0.229. The number of carbonyl (C=O) groups excluding carboxylic acids is 1. The molecule has 1 heterocycles. The van der Waals surface area contributed by atoms with Gasteiger partial charge in [-0.15, -0.1) is 0 Å². The topological polar surface area (TPSA) is 66.6 Å². The van der Waals surface area contributed by atoms with E-state index in [-0.39, 0.29) is 17.9 Å². The van der Waals surface area contributed by atoms with Crippen LogP contribution >= 0.6 is 0 Å². The number of fused-ring (bicyclic) bond motifs is 1. The number of phenolic OH excluding ortho intramolecular Hbond substituents is 1. The average molecular weight is 284 g/mol. The summed E-state index contributed by atoms with van der Waals surface area (Å²) in [6, 6.07) is 11.9. The molecule has 1 amide bonds. The molecule has 21 heavy (non-hydrogen) atoms. The van der Waals surface area contributed by atoms with Crippen molar-refractivity contribution in [1.82, 2.24) is 4.90 Å². The van der Waals surface area contributed by atoms with E-state index in [9.17, 15) is 9.90 Å². The Morgan fingerprint density at radius 3 is 2.81 bits per heavy atom. The lowest BCUT2D eigenvalue weighted by Crippen LogP contribution is -2.29. The van der Waals surface area contributed by atoms with Crippen LogP contribution in [0.3, 0.4) is 0 Å². The molecule has 1 aliphatic rings. The molecule has 0 aliphatic carbocycles. The number of amides is 1. The van der Waals surface area contributed by atoms with Gasteiger partial charge in [0.05, 0.1) is 5.92 Å². The zero-order chi connectivity index (χ0) is 15.0. The van der Waals surface area contributed by atoms with Gasteiger partial charge < -0.3 is 10.8 Å². The van der Waals surface area contributed by atoms with E-state index in [1.807, 2.05) is 36.4 Å². The Kier molecular flexibility index (Phi) is 3.55. The zero-order valence-electron chi connectivity index (χ0n) is 12.1. The maximum absolute atomic E-state index is 11.3. The molecule has 0 saturated carbocycles. The fraction of sp³-hybridized carbons (Fsp3) is 0.353. The third kappa shape index (κ3) is 2.47. The minimum Gasteiger partial charge on any atom is -0.507 e. The molecule has 2 aromatic carbocycles. The Balaban J connectivity index is 1.90. The van der Waals surface area contributed by atoms with E-state index in [4.69, 9.17) is 5.73 Å². The van der Waals surface area contributed by atoms with Crippen LogP contribution in [0.5, 0.6) is 5.75 Å². The summed E-state index contributed by atoms with van der Waals surface area (Å²) in [4.78, 5) is 13.5. The van der Waals surface area contributed by atoms with E-state index < -0.39 is 0 Å². The lowest BCUT2D eigenvalue weighted by atomic mass is 10.00. The van der Waals surface area contributed by atoms with Crippen LogP contribution in [-0.2, 0) is 4.79 Å². The lowest BCUT2D eigenvalue weighted by molar-refractivity contribution is -0.121. The summed E-state index contributed by atoms with van der Waals surface area (Å²) in [5.41, 5.74) is 6.29. The summed E-state index contributed by atoms with van der Waals surface area (Å²) < 4.78 is 0. The van der Waals surface area contributed by atoms with E-state index in [0.29, 0.717) is 12.3 Å². The van der Waals surface area contributed by atoms with E-state index in [1.165, 1.54) is 0 Å². The van der Waals surface area contributed by atoms with Gasteiger partial charge in [-0.05, 0) is 25.3 Å². The molecule has 0 spiro atoms. The van der Waals surface area contributed by atoms with Crippen LogP contribution in [0.25, 0.3) is 10.8 Å². The summed E-state index contributed by atoms with van der Waals surface area (Å²) in [6.07, 6.45) is 0.800. The quantitative estimate of drug-likeness (QED) is 0.909. The number of benzene rings is 2. The highest BCUT2D eigenvalue weighted by Crippen LogP contribution is 2.36. The molecule has 4 nitrogen and oxygen atoms in total. The van der Waals surface area contributed by atoms with Crippen LogP contribution < -0.4 is 5.73 Å². The van der Waals surface area contributed by atoms with E-state index in [1.54, 1.807) is 0 Å². The first-order valence-corrected chi connectivity index (χ1v) is 7.32. The summed E-state index contributed by atoms with van der Waals surface area (Å²) in [5.74, 6) is 0.0330. The lowest BCUT2D eigenvalue weighted by Gasteiger charge is -2.25. The van der Waals surface area contributed by atoms with Crippen molar-refractivity contribution in [3.63, 3.8) is 0 Å². The van der Waals surface area contributed by atoms with Crippen molar-refractivity contribution >= 4 is 16.7 Å². The number of carbonyl (C=O) groups is 1. The number of aromatic hydroxyl groups is 1. The van der Waals surface area contributed by atoms with E-state index in [2.05, 4.69) is 11.8 Å². The van der Waals surface area contributed by atoms with Gasteiger partial charge in [-0.2, -0.15) is 0 Å². The van der Waals surface area contributed by atoms with Gasteiger partial charge in [0, 0.05) is 23.5 Å². The molecular formula is C17H20N2O2. The number of hydrogen-bond acceptors (Lipinski definition) is 3. The van der Waals surface area contributed by atoms with Crippen molar-refractivity contribution < 1.29 is 9.90 Å². The number of likely N-dealkylation sites (tertiary alicyclic amines) is 1. The van der Waals surface area contributed by atoms with Crippen molar-refractivity contribution in [2.24, 2.45) is 11.7 Å².